The molecule has 0 spiro atoms. The number of carbonyl (C=O) groups is 1. The smallest absolute Gasteiger partial charge is 0.254 e. The SMILES string of the molecule is CC(C)Oc1cc(Br)cc(C(=O)N2CC[C@H](CN)C2)c1. The van der Waals surface area contributed by atoms with Gasteiger partial charge in [0.15, 0.2) is 0 Å². The normalized spacial score (nSPS) is 18.6. The average molecular weight is 341 g/mol. The summed E-state index contributed by atoms with van der Waals surface area (Å²) in [4.78, 5) is 14.4. The second-order valence-electron chi connectivity index (χ2n) is 5.48. The third kappa shape index (κ3) is 3.73. The van der Waals surface area contributed by atoms with Crippen LogP contribution in [0.15, 0.2) is 22.7 Å². The summed E-state index contributed by atoms with van der Waals surface area (Å²) < 4.78 is 6.53. The van der Waals surface area contributed by atoms with Crippen LogP contribution < -0.4 is 10.5 Å². The van der Waals surface area contributed by atoms with Crippen molar-refractivity contribution >= 4 is 21.8 Å². The van der Waals surface area contributed by atoms with Crippen LogP contribution in [0.1, 0.15) is 30.6 Å². The largest absolute Gasteiger partial charge is 0.491 e. The maximum absolute atomic E-state index is 12.5. The van der Waals surface area contributed by atoms with Crippen LogP contribution in [0, 0.1) is 5.92 Å². The highest BCUT2D eigenvalue weighted by Gasteiger charge is 2.26. The van der Waals surface area contributed by atoms with Crippen LogP contribution in [-0.4, -0.2) is 36.5 Å². The van der Waals surface area contributed by atoms with E-state index in [1.54, 1.807) is 0 Å². The highest BCUT2D eigenvalue weighted by atomic mass is 79.9. The lowest BCUT2D eigenvalue weighted by molar-refractivity contribution is 0.0787. The summed E-state index contributed by atoms with van der Waals surface area (Å²) in [7, 11) is 0. The Morgan fingerprint density at radius 1 is 1.50 bits per heavy atom. The van der Waals surface area contributed by atoms with E-state index in [2.05, 4.69) is 15.9 Å². The maximum Gasteiger partial charge on any atom is 0.254 e. The standard InChI is InChI=1S/C15H21BrN2O2/c1-10(2)20-14-6-12(5-13(16)7-14)15(19)18-4-3-11(8-17)9-18/h5-7,10-11H,3-4,8-9,17H2,1-2H3/t11-/m1/s1. The molecule has 0 aromatic heterocycles. The lowest BCUT2D eigenvalue weighted by Crippen LogP contribution is -2.29. The Hall–Kier alpha value is -1.07. The minimum absolute atomic E-state index is 0.0517. The van der Waals surface area contributed by atoms with Crippen LogP contribution in [0.25, 0.3) is 0 Å². The third-order valence-corrected chi connectivity index (χ3v) is 3.85. The van der Waals surface area contributed by atoms with Crippen LogP contribution in [0.2, 0.25) is 0 Å². The number of hydrogen-bond donors (Lipinski definition) is 1. The predicted octanol–water partition coefficient (Wildman–Crippen LogP) is 2.66. The van der Waals surface area contributed by atoms with Crippen LogP contribution >= 0.6 is 15.9 Å². The highest BCUT2D eigenvalue weighted by molar-refractivity contribution is 9.10. The van der Waals surface area contributed by atoms with E-state index >= 15 is 0 Å². The fourth-order valence-electron chi connectivity index (χ4n) is 2.42. The molecule has 0 aliphatic carbocycles. The number of benzene rings is 1. The van der Waals surface area contributed by atoms with Gasteiger partial charge in [0, 0.05) is 23.1 Å². The summed E-state index contributed by atoms with van der Waals surface area (Å²) in [6.45, 7) is 6.11. The maximum atomic E-state index is 12.5. The topological polar surface area (TPSA) is 55.6 Å². The van der Waals surface area contributed by atoms with Gasteiger partial charge in [-0.15, -0.1) is 0 Å². The van der Waals surface area contributed by atoms with Gasteiger partial charge in [0.25, 0.3) is 5.91 Å². The molecule has 1 aromatic carbocycles. The molecule has 4 nitrogen and oxygen atoms in total. The van der Waals surface area contributed by atoms with Crippen LogP contribution in [0.3, 0.4) is 0 Å². The van der Waals surface area contributed by atoms with E-state index in [0.29, 0.717) is 23.8 Å². The lowest BCUT2D eigenvalue weighted by Gasteiger charge is -2.18. The molecule has 1 saturated heterocycles. The van der Waals surface area contributed by atoms with E-state index in [-0.39, 0.29) is 12.0 Å². The molecular formula is C15H21BrN2O2. The summed E-state index contributed by atoms with van der Waals surface area (Å²) in [6.07, 6.45) is 1.08. The zero-order chi connectivity index (χ0) is 14.7. The van der Waals surface area contributed by atoms with Crippen molar-refractivity contribution < 1.29 is 9.53 Å². The minimum Gasteiger partial charge on any atom is -0.491 e. The molecule has 0 unspecified atom stereocenters. The molecule has 20 heavy (non-hydrogen) atoms. The first-order valence-electron chi connectivity index (χ1n) is 6.96. The van der Waals surface area contributed by atoms with Gasteiger partial charge < -0.3 is 15.4 Å². The van der Waals surface area contributed by atoms with E-state index in [4.69, 9.17) is 10.5 Å². The number of likely N-dealkylation sites (tertiary alicyclic amines) is 1. The first-order chi connectivity index (χ1) is 9.49. The minimum atomic E-state index is 0.0517. The number of hydrogen-bond acceptors (Lipinski definition) is 3. The Kier molecular flexibility index (Phi) is 5.05. The highest BCUT2D eigenvalue weighted by Crippen LogP contribution is 2.25. The molecule has 110 valence electrons. The first-order valence-corrected chi connectivity index (χ1v) is 7.75. The van der Waals surface area contributed by atoms with E-state index in [1.807, 2.05) is 36.9 Å². The van der Waals surface area contributed by atoms with Gasteiger partial charge in [0.05, 0.1) is 6.10 Å². The van der Waals surface area contributed by atoms with Crippen LogP contribution in [0.4, 0.5) is 0 Å². The molecule has 1 atom stereocenters. The van der Waals surface area contributed by atoms with Crippen molar-refractivity contribution in [2.75, 3.05) is 19.6 Å². The van der Waals surface area contributed by atoms with Crippen molar-refractivity contribution in [3.63, 3.8) is 0 Å². The van der Waals surface area contributed by atoms with Crippen molar-refractivity contribution in [3.05, 3.63) is 28.2 Å². The average Bonchev–Trinajstić information content (AvgIpc) is 2.85. The van der Waals surface area contributed by atoms with Crippen molar-refractivity contribution in [1.29, 1.82) is 0 Å². The molecule has 0 saturated carbocycles. The van der Waals surface area contributed by atoms with E-state index in [0.717, 1.165) is 24.0 Å². The lowest BCUT2D eigenvalue weighted by atomic mass is 10.1. The molecule has 1 heterocycles. The molecule has 1 aromatic rings. The first kappa shape index (κ1) is 15.3. The van der Waals surface area contributed by atoms with Gasteiger partial charge in [0.1, 0.15) is 5.75 Å². The van der Waals surface area contributed by atoms with Gasteiger partial charge in [-0.25, -0.2) is 0 Å². The number of halogens is 1. The molecule has 2 rings (SSSR count). The quantitative estimate of drug-likeness (QED) is 0.916. The molecule has 5 heteroatoms. The van der Waals surface area contributed by atoms with E-state index < -0.39 is 0 Å². The van der Waals surface area contributed by atoms with Crippen LogP contribution in [-0.2, 0) is 0 Å². The van der Waals surface area contributed by atoms with Crippen LogP contribution in [0.5, 0.6) is 5.75 Å². The summed E-state index contributed by atoms with van der Waals surface area (Å²) in [5.74, 6) is 1.20. The third-order valence-electron chi connectivity index (χ3n) is 3.40. The molecule has 1 amide bonds. The van der Waals surface area contributed by atoms with Crippen molar-refractivity contribution in [3.8, 4) is 5.75 Å². The number of amides is 1. The Morgan fingerprint density at radius 2 is 2.25 bits per heavy atom. The van der Waals surface area contributed by atoms with Gasteiger partial charge in [-0.2, -0.15) is 0 Å². The monoisotopic (exact) mass is 340 g/mol. The van der Waals surface area contributed by atoms with E-state index in [9.17, 15) is 4.79 Å². The molecular weight excluding hydrogens is 320 g/mol. The fourth-order valence-corrected chi connectivity index (χ4v) is 2.89. The Bertz CT molecular complexity index is 491. The second-order valence-corrected chi connectivity index (χ2v) is 6.40. The second kappa shape index (κ2) is 6.59. The Labute approximate surface area is 128 Å². The molecule has 1 aliphatic rings. The van der Waals surface area contributed by atoms with E-state index in [1.165, 1.54) is 0 Å². The molecule has 2 N–H and O–H groups in total. The van der Waals surface area contributed by atoms with Crippen molar-refractivity contribution in [2.24, 2.45) is 11.7 Å². The van der Waals surface area contributed by atoms with Crippen molar-refractivity contribution in [2.45, 2.75) is 26.4 Å². The van der Waals surface area contributed by atoms with Crippen molar-refractivity contribution in [1.82, 2.24) is 4.90 Å². The number of ether oxygens (including phenoxy) is 1. The van der Waals surface area contributed by atoms with Gasteiger partial charge in [-0.05, 0) is 50.9 Å². The molecule has 1 fully saturated rings. The summed E-state index contributed by atoms with van der Waals surface area (Å²) in [5, 5.41) is 0. The van der Waals surface area contributed by atoms with Gasteiger partial charge in [0.2, 0.25) is 0 Å². The summed E-state index contributed by atoms with van der Waals surface area (Å²) in [5.41, 5.74) is 6.33. The zero-order valence-electron chi connectivity index (χ0n) is 11.9. The molecule has 1 aliphatic heterocycles. The fraction of sp³-hybridized carbons (Fsp3) is 0.533. The zero-order valence-corrected chi connectivity index (χ0v) is 13.5. The number of nitrogens with zero attached hydrogens (tertiary/aromatic N) is 1. The van der Waals surface area contributed by atoms with Gasteiger partial charge in [-0.1, -0.05) is 15.9 Å². The van der Waals surface area contributed by atoms with Gasteiger partial charge in [-0.3, -0.25) is 4.79 Å². The number of carbonyl (C=O) groups excluding carboxylic acids is 1. The summed E-state index contributed by atoms with van der Waals surface area (Å²) >= 11 is 3.43. The summed E-state index contributed by atoms with van der Waals surface area (Å²) in [6, 6.07) is 5.53. The van der Waals surface area contributed by atoms with Gasteiger partial charge >= 0.3 is 0 Å². The Morgan fingerprint density at radius 3 is 2.85 bits per heavy atom. The number of nitrogens with two attached hydrogens (primary N) is 1. The Balaban J connectivity index is 2.15. The predicted molar refractivity (Wildman–Crippen MR) is 83.0 cm³/mol. The number of rotatable bonds is 4. The molecule has 0 radical (unpaired) electrons. The molecule has 0 bridgehead atoms.